The van der Waals surface area contributed by atoms with Gasteiger partial charge in [0.25, 0.3) is 0 Å². The lowest BCUT2D eigenvalue weighted by Gasteiger charge is -2.25. The Balaban J connectivity index is 3.05. The van der Waals surface area contributed by atoms with Gasteiger partial charge in [0, 0.05) is 17.0 Å². The molecular weight excluding hydrogens is 186 g/mol. The molecule has 0 bridgehead atoms. The van der Waals surface area contributed by atoms with Gasteiger partial charge in [-0.25, -0.2) is 0 Å². The second-order valence-corrected chi connectivity index (χ2v) is 3.87. The second-order valence-electron chi connectivity index (χ2n) is 3.43. The quantitative estimate of drug-likeness (QED) is 0.776. The Morgan fingerprint density at radius 3 is 2.69 bits per heavy atom. The highest BCUT2D eigenvalue weighted by Crippen LogP contribution is 2.24. The van der Waals surface area contributed by atoms with Crippen molar-refractivity contribution >= 4 is 11.6 Å². The standard InChI is InChI=1S/C10H14ClNO/c1-10(6-12,7-13)8-3-2-4-9(11)5-8/h2-5,13H,6-7,12H2,1H3. The van der Waals surface area contributed by atoms with Gasteiger partial charge < -0.3 is 10.8 Å². The van der Waals surface area contributed by atoms with Gasteiger partial charge in [-0.2, -0.15) is 0 Å². The van der Waals surface area contributed by atoms with Crippen LogP contribution < -0.4 is 5.73 Å². The summed E-state index contributed by atoms with van der Waals surface area (Å²) in [5.41, 5.74) is 6.19. The summed E-state index contributed by atoms with van der Waals surface area (Å²) in [4.78, 5) is 0. The van der Waals surface area contributed by atoms with E-state index in [1.54, 1.807) is 6.07 Å². The van der Waals surface area contributed by atoms with E-state index >= 15 is 0 Å². The molecule has 2 nitrogen and oxygen atoms in total. The van der Waals surface area contributed by atoms with Crippen LogP contribution in [0.5, 0.6) is 0 Å². The van der Waals surface area contributed by atoms with Crippen LogP contribution in [-0.4, -0.2) is 18.3 Å². The first-order valence-electron chi connectivity index (χ1n) is 4.19. The van der Waals surface area contributed by atoms with Gasteiger partial charge in [-0.05, 0) is 17.7 Å². The molecule has 1 aromatic carbocycles. The molecule has 0 saturated carbocycles. The smallest absolute Gasteiger partial charge is 0.0537 e. The van der Waals surface area contributed by atoms with Crippen molar-refractivity contribution in [1.29, 1.82) is 0 Å². The number of halogens is 1. The molecular formula is C10H14ClNO. The minimum absolute atomic E-state index is 0.0316. The third-order valence-electron chi connectivity index (χ3n) is 2.32. The van der Waals surface area contributed by atoms with Crippen molar-refractivity contribution in [2.45, 2.75) is 12.3 Å². The Kier molecular flexibility index (Phi) is 3.31. The van der Waals surface area contributed by atoms with Crippen LogP contribution >= 0.6 is 11.6 Å². The lowest BCUT2D eigenvalue weighted by Crippen LogP contribution is -2.35. The number of rotatable bonds is 3. The molecule has 1 unspecified atom stereocenters. The van der Waals surface area contributed by atoms with Crippen molar-refractivity contribution in [1.82, 2.24) is 0 Å². The average Bonchev–Trinajstić information content (AvgIpc) is 2.17. The second kappa shape index (κ2) is 4.09. The van der Waals surface area contributed by atoms with Gasteiger partial charge in [0.15, 0.2) is 0 Å². The van der Waals surface area contributed by atoms with Crippen LogP contribution in [0, 0.1) is 0 Å². The van der Waals surface area contributed by atoms with E-state index in [2.05, 4.69) is 0 Å². The number of nitrogens with two attached hydrogens (primary N) is 1. The zero-order chi connectivity index (χ0) is 9.90. The summed E-state index contributed by atoms with van der Waals surface area (Å²) in [6, 6.07) is 7.43. The summed E-state index contributed by atoms with van der Waals surface area (Å²) in [5.74, 6) is 0. The molecule has 0 radical (unpaired) electrons. The summed E-state index contributed by atoms with van der Waals surface area (Å²) in [5, 5.41) is 9.88. The fourth-order valence-electron chi connectivity index (χ4n) is 1.14. The van der Waals surface area contributed by atoms with Gasteiger partial charge in [0.2, 0.25) is 0 Å². The molecule has 0 saturated heterocycles. The van der Waals surface area contributed by atoms with Crippen molar-refractivity contribution in [3.8, 4) is 0 Å². The highest BCUT2D eigenvalue weighted by atomic mass is 35.5. The molecule has 0 spiro atoms. The van der Waals surface area contributed by atoms with Gasteiger partial charge in [0.05, 0.1) is 6.61 Å². The minimum Gasteiger partial charge on any atom is -0.395 e. The number of hydrogen-bond acceptors (Lipinski definition) is 2. The molecule has 0 aliphatic carbocycles. The molecule has 0 fully saturated rings. The third-order valence-corrected chi connectivity index (χ3v) is 2.56. The summed E-state index contributed by atoms with van der Waals surface area (Å²) in [6.45, 7) is 2.35. The van der Waals surface area contributed by atoms with E-state index in [0.29, 0.717) is 11.6 Å². The van der Waals surface area contributed by atoms with Crippen molar-refractivity contribution < 1.29 is 5.11 Å². The van der Waals surface area contributed by atoms with E-state index in [1.807, 2.05) is 25.1 Å². The SMILES string of the molecule is CC(CN)(CO)c1cccc(Cl)c1. The number of benzene rings is 1. The van der Waals surface area contributed by atoms with Crippen molar-refractivity contribution in [3.63, 3.8) is 0 Å². The number of aliphatic hydroxyl groups is 1. The van der Waals surface area contributed by atoms with E-state index in [-0.39, 0.29) is 12.0 Å². The van der Waals surface area contributed by atoms with Crippen LogP contribution in [0.25, 0.3) is 0 Å². The molecule has 3 heteroatoms. The fraction of sp³-hybridized carbons (Fsp3) is 0.400. The fourth-order valence-corrected chi connectivity index (χ4v) is 1.33. The first-order valence-corrected chi connectivity index (χ1v) is 4.57. The Labute approximate surface area is 83.3 Å². The van der Waals surface area contributed by atoms with Gasteiger partial charge in [0.1, 0.15) is 0 Å². The predicted octanol–water partition coefficient (Wildman–Crippen LogP) is 1.55. The predicted molar refractivity (Wildman–Crippen MR) is 54.9 cm³/mol. The molecule has 0 heterocycles. The first kappa shape index (κ1) is 10.5. The van der Waals surface area contributed by atoms with Crippen molar-refractivity contribution in [2.24, 2.45) is 5.73 Å². The van der Waals surface area contributed by atoms with E-state index in [4.69, 9.17) is 17.3 Å². The van der Waals surface area contributed by atoms with Gasteiger partial charge >= 0.3 is 0 Å². The lowest BCUT2D eigenvalue weighted by molar-refractivity contribution is 0.210. The monoisotopic (exact) mass is 199 g/mol. The van der Waals surface area contributed by atoms with E-state index < -0.39 is 0 Å². The van der Waals surface area contributed by atoms with Crippen molar-refractivity contribution in [3.05, 3.63) is 34.9 Å². The normalized spacial score (nSPS) is 15.4. The van der Waals surface area contributed by atoms with Crippen LogP contribution in [0.3, 0.4) is 0 Å². The molecule has 3 N–H and O–H groups in total. The third kappa shape index (κ3) is 2.21. The number of hydrogen-bond donors (Lipinski definition) is 2. The maximum absolute atomic E-state index is 9.21. The molecule has 0 aromatic heterocycles. The van der Waals surface area contributed by atoms with Crippen LogP contribution in [0.1, 0.15) is 12.5 Å². The number of aliphatic hydroxyl groups excluding tert-OH is 1. The van der Waals surface area contributed by atoms with E-state index in [9.17, 15) is 5.11 Å². The Bertz CT molecular complexity index is 284. The zero-order valence-corrected chi connectivity index (χ0v) is 8.38. The minimum atomic E-state index is -0.384. The molecule has 1 aromatic rings. The summed E-state index contributed by atoms with van der Waals surface area (Å²) in [7, 11) is 0. The summed E-state index contributed by atoms with van der Waals surface area (Å²) >= 11 is 5.84. The van der Waals surface area contributed by atoms with Gasteiger partial charge in [-0.3, -0.25) is 0 Å². The van der Waals surface area contributed by atoms with Gasteiger partial charge in [-0.15, -0.1) is 0 Å². The average molecular weight is 200 g/mol. The van der Waals surface area contributed by atoms with Gasteiger partial charge in [-0.1, -0.05) is 30.7 Å². The summed E-state index contributed by atoms with van der Waals surface area (Å²) < 4.78 is 0. The highest BCUT2D eigenvalue weighted by molar-refractivity contribution is 6.30. The largest absolute Gasteiger partial charge is 0.395 e. The van der Waals surface area contributed by atoms with Crippen molar-refractivity contribution in [2.75, 3.05) is 13.2 Å². The molecule has 1 rings (SSSR count). The van der Waals surface area contributed by atoms with Crippen LogP contribution in [0.4, 0.5) is 0 Å². The Morgan fingerprint density at radius 2 is 2.23 bits per heavy atom. The van der Waals surface area contributed by atoms with Crippen LogP contribution in [0.15, 0.2) is 24.3 Å². The van der Waals surface area contributed by atoms with E-state index in [1.165, 1.54) is 0 Å². The highest BCUT2D eigenvalue weighted by Gasteiger charge is 2.23. The molecule has 13 heavy (non-hydrogen) atoms. The first-order chi connectivity index (χ1) is 6.12. The molecule has 1 atom stereocenters. The van der Waals surface area contributed by atoms with Crippen LogP contribution in [0.2, 0.25) is 5.02 Å². The molecule has 0 aliphatic rings. The van der Waals surface area contributed by atoms with E-state index in [0.717, 1.165) is 5.56 Å². The molecule has 72 valence electrons. The molecule has 0 aliphatic heterocycles. The molecule has 0 amide bonds. The zero-order valence-electron chi connectivity index (χ0n) is 7.63. The van der Waals surface area contributed by atoms with Crippen LogP contribution in [-0.2, 0) is 5.41 Å². The lowest BCUT2D eigenvalue weighted by atomic mass is 9.83. The maximum Gasteiger partial charge on any atom is 0.0537 e. The topological polar surface area (TPSA) is 46.2 Å². The Morgan fingerprint density at radius 1 is 1.54 bits per heavy atom. The summed E-state index contributed by atoms with van der Waals surface area (Å²) in [6.07, 6.45) is 0. The Hall–Kier alpha value is -0.570. The maximum atomic E-state index is 9.21.